The summed E-state index contributed by atoms with van der Waals surface area (Å²) < 4.78 is -1.49. The van der Waals surface area contributed by atoms with E-state index >= 15 is 0 Å². The van der Waals surface area contributed by atoms with Crippen LogP contribution >= 0.6 is 39.1 Å². The molecule has 1 amide bonds. The Balaban J connectivity index is 2.50. The number of alkyl halides is 1. The number of carbonyl (C=O) groups is 2. The number of nitrogens with zero attached hydrogens (tertiary/aromatic N) is 2. The van der Waals surface area contributed by atoms with E-state index in [9.17, 15) is 9.59 Å². The fourth-order valence-electron chi connectivity index (χ4n) is 1.84. The molecular weight excluding hydrogens is 355 g/mol. The summed E-state index contributed by atoms with van der Waals surface area (Å²) in [6.07, 6.45) is 0. The molecule has 1 unspecified atom stereocenters. The van der Waals surface area contributed by atoms with Gasteiger partial charge in [0, 0.05) is 17.6 Å². The number of rotatable bonds is 2. The lowest BCUT2D eigenvalue weighted by molar-refractivity contribution is -0.128. The zero-order valence-corrected chi connectivity index (χ0v) is 13.2. The van der Waals surface area contributed by atoms with E-state index in [-0.39, 0.29) is 10.6 Å². The Bertz CT molecular complexity index is 618. The van der Waals surface area contributed by atoms with Crippen LogP contribution < -0.4 is 0 Å². The topological polar surface area (TPSA) is 49.7 Å². The SMILES string of the molecule is CC1=NN(C)C(=O)C1(Br)C(=O)c1ccc(Cl)cc1Cl. The number of benzene rings is 1. The Morgan fingerprint density at radius 3 is 2.53 bits per heavy atom. The highest BCUT2D eigenvalue weighted by atomic mass is 79.9. The standard InChI is InChI=1S/C12H9BrCl2N2O2/c1-6-12(13,11(19)17(2)16-6)10(18)8-4-3-7(14)5-9(8)15/h3-5H,1-2H3. The minimum absolute atomic E-state index is 0.200. The summed E-state index contributed by atoms with van der Waals surface area (Å²) in [5, 5.41) is 5.73. The number of halogens is 3. The Morgan fingerprint density at radius 1 is 1.42 bits per heavy atom. The van der Waals surface area contributed by atoms with Gasteiger partial charge in [-0.25, -0.2) is 5.01 Å². The maximum atomic E-state index is 12.6. The molecule has 19 heavy (non-hydrogen) atoms. The first-order valence-corrected chi connectivity index (χ1v) is 6.86. The molecule has 1 aliphatic rings. The second-order valence-electron chi connectivity index (χ2n) is 4.13. The quantitative estimate of drug-likeness (QED) is 0.460. The van der Waals surface area contributed by atoms with Gasteiger partial charge in [-0.3, -0.25) is 9.59 Å². The summed E-state index contributed by atoms with van der Waals surface area (Å²) in [6.45, 7) is 1.61. The third-order valence-corrected chi connectivity index (χ3v) is 4.70. The van der Waals surface area contributed by atoms with E-state index in [1.807, 2.05) is 0 Å². The number of ketones is 1. The van der Waals surface area contributed by atoms with Gasteiger partial charge in [0.15, 0.2) is 5.78 Å². The van der Waals surface area contributed by atoms with Crippen LogP contribution in [0.4, 0.5) is 0 Å². The van der Waals surface area contributed by atoms with Crippen LogP contribution in [0.3, 0.4) is 0 Å². The fraction of sp³-hybridized carbons (Fsp3) is 0.250. The van der Waals surface area contributed by atoms with Gasteiger partial charge in [0.1, 0.15) is 0 Å². The molecule has 0 radical (unpaired) electrons. The lowest BCUT2D eigenvalue weighted by atomic mass is 9.93. The number of hydrazone groups is 1. The van der Waals surface area contributed by atoms with Crippen molar-refractivity contribution in [1.29, 1.82) is 0 Å². The lowest BCUT2D eigenvalue weighted by Crippen LogP contribution is -2.46. The molecule has 0 bridgehead atoms. The summed E-state index contributed by atoms with van der Waals surface area (Å²) in [5.74, 6) is -0.897. The molecule has 0 fully saturated rings. The van der Waals surface area contributed by atoms with E-state index in [0.29, 0.717) is 10.7 Å². The number of amides is 1. The Morgan fingerprint density at radius 2 is 2.05 bits per heavy atom. The minimum atomic E-state index is -1.49. The Hall–Kier alpha value is -0.910. The molecule has 0 aromatic heterocycles. The molecule has 2 rings (SSSR count). The summed E-state index contributed by atoms with van der Waals surface area (Å²) in [7, 11) is 1.49. The van der Waals surface area contributed by atoms with Crippen molar-refractivity contribution in [2.45, 2.75) is 11.2 Å². The molecule has 100 valence electrons. The van der Waals surface area contributed by atoms with Gasteiger partial charge in [0.05, 0.1) is 10.7 Å². The number of hydrogen-bond donors (Lipinski definition) is 0. The number of carbonyl (C=O) groups excluding carboxylic acids is 2. The Kier molecular flexibility index (Phi) is 3.73. The van der Waals surface area contributed by atoms with Gasteiger partial charge < -0.3 is 0 Å². The number of Topliss-reactive ketones (excluding diaryl/α,β-unsaturated/α-hetero) is 1. The third-order valence-electron chi connectivity index (χ3n) is 2.88. The molecule has 0 N–H and O–H groups in total. The number of hydrogen-bond acceptors (Lipinski definition) is 3. The van der Waals surface area contributed by atoms with Crippen LogP contribution in [0.2, 0.25) is 10.0 Å². The second kappa shape index (κ2) is 4.89. The van der Waals surface area contributed by atoms with Crippen LogP contribution in [0, 0.1) is 0 Å². The molecule has 1 aliphatic heterocycles. The predicted molar refractivity (Wildman–Crippen MR) is 78.3 cm³/mol. The largest absolute Gasteiger partial charge is 0.291 e. The van der Waals surface area contributed by atoms with Crippen molar-refractivity contribution in [3.63, 3.8) is 0 Å². The highest BCUT2D eigenvalue weighted by Crippen LogP contribution is 2.35. The zero-order chi connectivity index (χ0) is 14.4. The maximum absolute atomic E-state index is 12.6. The maximum Gasteiger partial charge on any atom is 0.273 e. The van der Waals surface area contributed by atoms with Crippen LogP contribution in [0.1, 0.15) is 17.3 Å². The highest BCUT2D eigenvalue weighted by molar-refractivity contribution is 9.11. The first kappa shape index (κ1) is 14.5. The third kappa shape index (κ3) is 2.20. The molecule has 1 heterocycles. The first-order valence-electron chi connectivity index (χ1n) is 5.31. The van der Waals surface area contributed by atoms with E-state index in [1.165, 1.54) is 19.2 Å². The van der Waals surface area contributed by atoms with Gasteiger partial charge in [-0.15, -0.1) is 0 Å². The monoisotopic (exact) mass is 362 g/mol. The smallest absolute Gasteiger partial charge is 0.273 e. The average molecular weight is 364 g/mol. The summed E-state index contributed by atoms with van der Waals surface area (Å²) >= 11 is 15.0. The molecule has 0 aliphatic carbocycles. The van der Waals surface area contributed by atoms with Crippen molar-refractivity contribution < 1.29 is 9.59 Å². The van der Waals surface area contributed by atoms with Gasteiger partial charge in [-0.05, 0) is 25.1 Å². The molecule has 0 saturated carbocycles. The van der Waals surface area contributed by atoms with E-state index in [0.717, 1.165) is 5.01 Å². The van der Waals surface area contributed by atoms with Crippen molar-refractivity contribution in [1.82, 2.24) is 5.01 Å². The zero-order valence-electron chi connectivity index (χ0n) is 10.1. The van der Waals surface area contributed by atoms with Gasteiger partial charge in [-0.1, -0.05) is 39.1 Å². The molecule has 0 saturated heterocycles. The molecule has 1 aromatic carbocycles. The van der Waals surface area contributed by atoms with E-state index in [1.54, 1.807) is 13.0 Å². The van der Waals surface area contributed by atoms with Crippen molar-refractivity contribution in [2.24, 2.45) is 5.10 Å². The lowest BCUT2D eigenvalue weighted by Gasteiger charge is -2.19. The summed E-state index contributed by atoms with van der Waals surface area (Å²) in [6, 6.07) is 4.50. The van der Waals surface area contributed by atoms with Gasteiger partial charge in [0.2, 0.25) is 4.32 Å². The van der Waals surface area contributed by atoms with Crippen molar-refractivity contribution in [3.8, 4) is 0 Å². The predicted octanol–water partition coefficient (Wildman–Crippen LogP) is 3.16. The highest BCUT2D eigenvalue weighted by Gasteiger charge is 2.52. The minimum Gasteiger partial charge on any atom is -0.291 e. The summed E-state index contributed by atoms with van der Waals surface area (Å²) in [5.41, 5.74) is 0.595. The fourth-order valence-corrected chi connectivity index (χ4v) is 2.88. The van der Waals surface area contributed by atoms with Crippen LogP contribution in [0.15, 0.2) is 23.3 Å². The van der Waals surface area contributed by atoms with E-state index in [4.69, 9.17) is 23.2 Å². The summed E-state index contributed by atoms with van der Waals surface area (Å²) in [4.78, 5) is 24.7. The molecule has 0 spiro atoms. The van der Waals surface area contributed by atoms with Gasteiger partial charge in [0.25, 0.3) is 5.91 Å². The van der Waals surface area contributed by atoms with Crippen LogP contribution in [-0.2, 0) is 4.79 Å². The van der Waals surface area contributed by atoms with Crippen LogP contribution in [-0.4, -0.2) is 33.8 Å². The van der Waals surface area contributed by atoms with E-state index in [2.05, 4.69) is 21.0 Å². The van der Waals surface area contributed by atoms with Crippen molar-refractivity contribution in [2.75, 3.05) is 7.05 Å². The van der Waals surface area contributed by atoms with Gasteiger partial charge in [-0.2, -0.15) is 5.10 Å². The molecule has 1 atom stereocenters. The normalized spacial score (nSPS) is 22.7. The average Bonchev–Trinajstić information content (AvgIpc) is 2.53. The van der Waals surface area contributed by atoms with Crippen LogP contribution in [0.5, 0.6) is 0 Å². The van der Waals surface area contributed by atoms with Crippen LogP contribution in [0.25, 0.3) is 0 Å². The van der Waals surface area contributed by atoms with Crippen molar-refractivity contribution >= 4 is 56.5 Å². The van der Waals surface area contributed by atoms with E-state index < -0.39 is 16.0 Å². The molecule has 7 heteroatoms. The van der Waals surface area contributed by atoms with Gasteiger partial charge >= 0.3 is 0 Å². The second-order valence-corrected chi connectivity index (χ2v) is 6.16. The molecule has 4 nitrogen and oxygen atoms in total. The Labute approximate surface area is 128 Å². The first-order chi connectivity index (χ1) is 8.78. The molecular formula is C12H9BrCl2N2O2. The van der Waals surface area contributed by atoms with Crippen molar-refractivity contribution in [3.05, 3.63) is 33.8 Å². The molecule has 1 aromatic rings.